The van der Waals surface area contributed by atoms with Crippen LogP contribution in [0.25, 0.3) is 0 Å². The second-order valence-corrected chi connectivity index (χ2v) is 12.4. The number of hydrogen-bond acceptors (Lipinski definition) is 5. The third-order valence-electron chi connectivity index (χ3n) is 7.36. The van der Waals surface area contributed by atoms with Crippen LogP contribution >= 0.6 is 15.9 Å². The summed E-state index contributed by atoms with van der Waals surface area (Å²) in [5.74, 6) is 1.12. The molecule has 1 aliphatic heterocycles. The zero-order valence-electron chi connectivity index (χ0n) is 21.3. The van der Waals surface area contributed by atoms with Crippen molar-refractivity contribution in [1.29, 1.82) is 0 Å². The van der Waals surface area contributed by atoms with E-state index >= 15 is 0 Å². The minimum Gasteiger partial charge on any atom is -0.378 e. The van der Waals surface area contributed by atoms with Crippen molar-refractivity contribution >= 4 is 43.6 Å². The van der Waals surface area contributed by atoms with E-state index < -0.39 is 10.1 Å². The van der Waals surface area contributed by atoms with Crippen LogP contribution in [0.2, 0.25) is 0 Å². The second-order valence-electron chi connectivity index (χ2n) is 9.95. The standard InChI is InChI=1S/C32H27BrN2O3S/c1-21-9-16-26(17-10-21)39(36,37)38-31-18-13-24(33)19-23(31)20-34-25-14-11-22(12-15-25)32-29-7-4-6-27(29)28-5-2-3-8-30(28)35-32/h2-6,8-20,27,29,32,35H,7H2,1H3/t27-,29-,32-/m0/s1. The van der Waals surface area contributed by atoms with Crippen molar-refractivity contribution in [3.8, 4) is 5.75 Å². The SMILES string of the molecule is Cc1ccc(S(=O)(=O)Oc2ccc(Br)cc2C=Nc2ccc([C@@H]3Nc4ccccc4[C@@H]4C=CC[C@@H]43)cc2)cc1. The van der Waals surface area contributed by atoms with Crippen LogP contribution in [0, 0.1) is 12.8 Å². The summed E-state index contributed by atoms with van der Waals surface area (Å²) >= 11 is 3.46. The highest BCUT2D eigenvalue weighted by Crippen LogP contribution is 2.49. The first kappa shape index (κ1) is 25.6. The first-order valence-corrected chi connectivity index (χ1v) is 15.0. The molecule has 4 aromatic carbocycles. The quantitative estimate of drug-likeness (QED) is 0.138. The molecule has 39 heavy (non-hydrogen) atoms. The summed E-state index contributed by atoms with van der Waals surface area (Å²) in [5, 5.41) is 3.76. The van der Waals surface area contributed by atoms with Crippen LogP contribution in [0.4, 0.5) is 11.4 Å². The van der Waals surface area contributed by atoms with E-state index in [1.807, 2.05) is 19.1 Å². The van der Waals surface area contributed by atoms with Gasteiger partial charge in [-0.15, -0.1) is 0 Å². The van der Waals surface area contributed by atoms with Gasteiger partial charge in [0, 0.05) is 27.9 Å². The van der Waals surface area contributed by atoms with Gasteiger partial charge in [0.1, 0.15) is 4.90 Å². The zero-order chi connectivity index (χ0) is 27.0. The number of para-hydroxylation sites is 1. The van der Waals surface area contributed by atoms with E-state index in [0.717, 1.165) is 22.1 Å². The average Bonchev–Trinajstić information content (AvgIpc) is 3.44. The number of halogens is 1. The van der Waals surface area contributed by atoms with E-state index in [2.05, 4.69) is 74.8 Å². The molecular weight excluding hydrogens is 572 g/mol. The molecule has 0 bridgehead atoms. The van der Waals surface area contributed by atoms with Crippen molar-refractivity contribution in [2.24, 2.45) is 10.9 Å². The van der Waals surface area contributed by atoms with Crippen LogP contribution in [0.1, 0.15) is 40.6 Å². The number of allylic oxidation sites excluding steroid dienone is 2. The number of nitrogens with one attached hydrogen (secondary N) is 1. The topological polar surface area (TPSA) is 67.8 Å². The van der Waals surface area contributed by atoms with Crippen LogP contribution in [-0.4, -0.2) is 14.6 Å². The Kier molecular flexibility index (Phi) is 6.87. The molecule has 5 nitrogen and oxygen atoms in total. The first-order chi connectivity index (χ1) is 18.9. The lowest BCUT2D eigenvalue weighted by atomic mass is 9.77. The van der Waals surface area contributed by atoms with Crippen molar-refractivity contribution in [2.45, 2.75) is 30.2 Å². The number of nitrogens with zero attached hydrogens (tertiary/aromatic N) is 1. The fourth-order valence-corrected chi connectivity index (χ4v) is 6.69. The predicted molar refractivity (Wildman–Crippen MR) is 160 cm³/mol. The summed E-state index contributed by atoms with van der Waals surface area (Å²) in [5.41, 5.74) is 6.07. The predicted octanol–water partition coefficient (Wildman–Crippen LogP) is 8.10. The van der Waals surface area contributed by atoms with Crippen LogP contribution in [0.15, 0.2) is 118 Å². The maximum atomic E-state index is 12.9. The lowest BCUT2D eigenvalue weighted by Gasteiger charge is -2.37. The van der Waals surface area contributed by atoms with Gasteiger partial charge in [0.2, 0.25) is 0 Å². The Bertz CT molecular complexity index is 1680. The largest absolute Gasteiger partial charge is 0.378 e. The molecule has 0 fully saturated rings. The fraction of sp³-hybridized carbons (Fsp3) is 0.156. The maximum absolute atomic E-state index is 12.9. The van der Waals surface area contributed by atoms with Crippen molar-refractivity contribution in [3.05, 3.63) is 130 Å². The summed E-state index contributed by atoms with van der Waals surface area (Å²) in [7, 11) is -3.98. The van der Waals surface area contributed by atoms with E-state index in [4.69, 9.17) is 4.18 Å². The number of aryl methyl sites for hydroxylation is 1. The first-order valence-electron chi connectivity index (χ1n) is 12.8. The molecule has 6 rings (SSSR count). The lowest BCUT2D eigenvalue weighted by Crippen LogP contribution is -2.28. The van der Waals surface area contributed by atoms with E-state index in [0.29, 0.717) is 17.4 Å². The van der Waals surface area contributed by atoms with Gasteiger partial charge in [-0.2, -0.15) is 8.42 Å². The normalized spacial score (nSPS) is 19.9. The number of rotatable bonds is 6. The third kappa shape index (κ3) is 5.29. The average molecular weight is 600 g/mol. The smallest absolute Gasteiger partial charge is 0.339 e. The molecular formula is C32H27BrN2O3S. The number of aliphatic imine (C=N–C) groups is 1. The van der Waals surface area contributed by atoms with Gasteiger partial charge in [-0.25, -0.2) is 0 Å². The molecule has 0 saturated carbocycles. The molecule has 2 aliphatic rings. The Balaban J connectivity index is 1.23. The lowest BCUT2D eigenvalue weighted by molar-refractivity contribution is 0.425. The van der Waals surface area contributed by atoms with E-state index in [-0.39, 0.29) is 16.7 Å². The number of hydrogen-bond donors (Lipinski definition) is 1. The van der Waals surface area contributed by atoms with Gasteiger partial charge in [-0.3, -0.25) is 4.99 Å². The Hall–Kier alpha value is -3.68. The molecule has 0 saturated heterocycles. The molecule has 0 radical (unpaired) electrons. The summed E-state index contributed by atoms with van der Waals surface area (Å²) in [4.78, 5) is 4.73. The second kappa shape index (κ2) is 10.5. The summed E-state index contributed by atoms with van der Waals surface area (Å²) in [6, 6.07) is 28.7. The Morgan fingerprint density at radius 1 is 0.974 bits per heavy atom. The molecule has 0 aromatic heterocycles. The fourth-order valence-electron chi connectivity index (χ4n) is 5.35. The maximum Gasteiger partial charge on any atom is 0.339 e. The molecule has 7 heteroatoms. The molecule has 4 aromatic rings. The van der Waals surface area contributed by atoms with Crippen LogP contribution < -0.4 is 9.50 Å². The van der Waals surface area contributed by atoms with Gasteiger partial charge in [-0.1, -0.05) is 76.1 Å². The van der Waals surface area contributed by atoms with Crippen molar-refractivity contribution in [1.82, 2.24) is 0 Å². The monoisotopic (exact) mass is 598 g/mol. The molecule has 196 valence electrons. The summed E-state index contributed by atoms with van der Waals surface area (Å²) in [6.07, 6.45) is 7.31. The van der Waals surface area contributed by atoms with Gasteiger partial charge < -0.3 is 9.50 Å². The molecule has 1 aliphatic carbocycles. The van der Waals surface area contributed by atoms with Gasteiger partial charge in [0.05, 0.1) is 11.7 Å². The van der Waals surface area contributed by atoms with E-state index in [1.165, 1.54) is 16.8 Å². The van der Waals surface area contributed by atoms with Crippen molar-refractivity contribution in [2.75, 3.05) is 5.32 Å². The van der Waals surface area contributed by atoms with Gasteiger partial charge >= 0.3 is 10.1 Å². The minimum absolute atomic E-state index is 0.105. The number of benzene rings is 4. The van der Waals surface area contributed by atoms with Gasteiger partial charge in [0.15, 0.2) is 5.75 Å². The highest BCUT2D eigenvalue weighted by Gasteiger charge is 2.37. The van der Waals surface area contributed by atoms with Crippen molar-refractivity contribution < 1.29 is 12.6 Å². The van der Waals surface area contributed by atoms with Crippen LogP contribution in [0.3, 0.4) is 0 Å². The minimum atomic E-state index is -3.98. The highest BCUT2D eigenvalue weighted by molar-refractivity contribution is 9.10. The number of anilines is 1. The highest BCUT2D eigenvalue weighted by atomic mass is 79.9. The summed E-state index contributed by atoms with van der Waals surface area (Å²) in [6.45, 7) is 1.90. The molecule has 1 heterocycles. The Morgan fingerprint density at radius 2 is 1.74 bits per heavy atom. The van der Waals surface area contributed by atoms with Crippen molar-refractivity contribution in [3.63, 3.8) is 0 Å². The third-order valence-corrected chi connectivity index (χ3v) is 9.10. The molecule has 3 atom stereocenters. The molecule has 0 amide bonds. The molecule has 0 spiro atoms. The van der Waals surface area contributed by atoms with E-state index in [9.17, 15) is 8.42 Å². The number of fused-ring (bicyclic) bond motifs is 3. The van der Waals surface area contributed by atoms with Gasteiger partial charge in [0.25, 0.3) is 0 Å². The summed E-state index contributed by atoms with van der Waals surface area (Å²) < 4.78 is 32.1. The Morgan fingerprint density at radius 3 is 2.54 bits per heavy atom. The van der Waals surface area contributed by atoms with E-state index in [1.54, 1.807) is 48.7 Å². The zero-order valence-corrected chi connectivity index (χ0v) is 23.7. The van der Waals surface area contributed by atoms with Crippen LogP contribution in [0.5, 0.6) is 5.75 Å². The van der Waals surface area contributed by atoms with Crippen LogP contribution in [-0.2, 0) is 10.1 Å². The van der Waals surface area contributed by atoms with Gasteiger partial charge in [-0.05, 0) is 78.9 Å². The Labute approximate surface area is 237 Å². The molecule has 0 unspecified atom stereocenters. The molecule has 1 N–H and O–H groups in total.